The van der Waals surface area contributed by atoms with Crippen LogP contribution in [0.5, 0.6) is 5.75 Å². The zero-order valence-corrected chi connectivity index (χ0v) is 18.9. The van der Waals surface area contributed by atoms with E-state index >= 15 is 0 Å². The molecule has 1 aliphatic heterocycles. The van der Waals surface area contributed by atoms with Gasteiger partial charge in [0.25, 0.3) is 0 Å². The van der Waals surface area contributed by atoms with Crippen LogP contribution >= 0.6 is 11.3 Å². The predicted molar refractivity (Wildman–Crippen MR) is 121 cm³/mol. The number of nitrogens with one attached hydrogen (secondary N) is 1. The highest BCUT2D eigenvalue weighted by Crippen LogP contribution is 2.29. The molecule has 7 nitrogen and oxygen atoms in total. The van der Waals surface area contributed by atoms with E-state index in [0.29, 0.717) is 30.8 Å². The van der Waals surface area contributed by atoms with Crippen molar-refractivity contribution < 1.29 is 17.9 Å². The predicted octanol–water partition coefficient (Wildman–Crippen LogP) is 3.92. The third kappa shape index (κ3) is 4.48. The summed E-state index contributed by atoms with van der Waals surface area (Å²) in [5, 5.41) is 5.82. The molecule has 162 valence electrons. The number of anilines is 1. The summed E-state index contributed by atoms with van der Waals surface area (Å²) >= 11 is 1.56. The minimum absolute atomic E-state index is 0.147. The van der Waals surface area contributed by atoms with Crippen molar-refractivity contribution in [3.05, 3.63) is 58.9 Å². The normalized spacial score (nSPS) is 16.9. The van der Waals surface area contributed by atoms with Gasteiger partial charge in [-0.1, -0.05) is 12.1 Å². The Morgan fingerprint density at radius 3 is 2.68 bits per heavy atom. The van der Waals surface area contributed by atoms with Crippen molar-refractivity contribution in [3.8, 4) is 17.0 Å². The lowest BCUT2D eigenvalue weighted by Gasteiger charge is -2.23. The molecule has 1 aliphatic rings. The second-order valence-corrected chi connectivity index (χ2v) is 10.2. The monoisotopic (exact) mass is 457 g/mol. The van der Waals surface area contributed by atoms with E-state index in [0.717, 1.165) is 16.3 Å². The number of nitrogens with zero attached hydrogens (tertiary/aromatic N) is 2. The molecular weight excluding hydrogens is 434 g/mol. The van der Waals surface area contributed by atoms with E-state index in [1.54, 1.807) is 29.5 Å². The molecule has 1 N–H and O–H groups in total. The summed E-state index contributed by atoms with van der Waals surface area (Å²) < 4.78 is 32.7. The number of carbonyl (C=O) groups excluding carboxylic acids is 1. The summed E-state index contributed by atoms with van der Waals surface area (Å²) in [6.07, 6.45) is 1.11. The van der Waals surface area contributed by atoms with Crippen molar-refractivity contribution in [3.63, 3.8) is 0 Å². The van der Waals surface area contributed by atoms with Crippen molar-refractivity contribution in [2.24, 2.45) is 0 Å². The maximum atomic E-state index is 13.1. The molecule has 1 saturated heterocycles. The van der Waals surface area contributed by atoms with Gasteiger partial charge < -0.3 is 10.1 Å². The zero-order chi connectivity index (χ0) is 22.0. The average Bonchev–Trinajstić information content (AvgIpc) is 3.44. The SMILES string of the molecule is COc1ccc(S(=O)(=O)N2CCC[C@@H]2C(=O)Nc2cccc(-c3csc(C)n3)c2)cc1. The van der Waals surface area contributed by atoms with Gasteiger partial charge in [0.2, 0.25) is 15.9 Å². The molecule has 2 heterocycles. The number of ether oxygens (including phenoxy) is 1. The zero-order valence-electron chi connectivity index (χ0n) is 17.2. The molecule has 0 radical (unpaired) electrons. The van der Waals surface area contributed by atoms with Crippen LogP contribution in [0.1, 0.15) is 17.8 Å². The Morgan fingerprint density at radius 2 is 2.00 bits per heavy atom. The van der Waals surface area contributed by atoms with Crippen LogP contribution in [0.4, 0.5) is 5.69 Å². The van der Waals surface area contributed by atoms with Crippen LogP contribution in [0.25, 0.3) is 11.3 Å². The van der Waals surface area contributed by atoms with Crippen LogP contribution in [-0.2, 0) is 14.8 Å². The van der Waals surface area contributed by atoms with E-state index in [9.17, 15) is 13.2 Å². The molecule has 1 fully saturated rings. The number of aryl methyl sites for hydroxylation is 1. The van der Waals surface area contributed by atoms with Gasteiger partial charge in [0.15, 0.2) is 0 Å². The lowest BCUT2D eigenvalue weighted by atomic mass is 10.1. The molecule has 0 saturated carbocycles. The Kier molecular flexibility index (Phi) is 6.08. The molecular formula is C22H23N3O4S2. The number of sulfonamides is 1. The summed E-state index contributed by atoms with van der Waals surface area (Å²) in [5.41, 5.74) is 2.36. The molecule has 0 spiro atoms. The average molecular weight is 458 g/mol. The van der Waals surface area contributed by atoms with E-state index in [4.69, 9.17) is 4.74 Å². The molecule has 0 bridgehead atoms. The highest BCUT2D eigenvalue weighted by molar-refractivity contribution is 7.89. The van der Waals surface area contributed by atoms with Crippen LogP contribution in [0.15, 0.2) is 58.8 Å². The van der Waals surface area contributed by atoms with Crippen molar-refractivity contribution in [2.75, 3.05) is 19.0 Å². The third-order valence-corrected chi connectivity index (χ3v) is 7.91. The van der Waals surface area contributed by atoms with Gasteiger partial charge in [-0.15, -0.1) is 11.3 Å². The first-order chi connectivity index (χ1) is 14.9. The summed E-state index contributed by atoms with van der Waals surface area (Å²) in [4.78, 5) is 17.6. The van der Waals surface area contributed by atoms with Gasteiger partial charge in [-0.3, -0.25) is 4.79 Å². The van der Waals surface area contributed by atoms with E-state index in [1.807, 2.05) is 30.5 Å². The Hall–Kier alpha value is -2.75. The third-order valence-electron chi connectivity index (χ3n) is 5.22. The summed E-state index contributed by atoms with van der Waals surface area (Å²) in [5.74, 6) is 0.242. The van der Waals surface area contributed by atoms with Crippen molar-refractivity contribution >= 4 is 33.0 Å². The highest BCUT2D eigenvalue weighted by Gasteiger charge is 2.39. The van der Waals surface area contributed by atoms with E-state index in [2.05, 4.69) is 10.3 Å². The minimum Gasteiger partial charge on any atom is -0.497 e. The van der Waals surface area contributed by atoms with Gasteiger partial charge in [-0.05, 0) is 56.2 Å². The van der Waals surface area contributed by atoms with Crippen molar-refractivity contribution in [1.82, 2.24) is 9.29 Å². The molecule has 1 amide bonds. The fraction of sp³-hybridized carbons (Fsp3) is 0.273. The number of rotatable bonds is 6. The maximum absolute atomic E-state index is 13.1. The Labute approximate surface area is 185 Å². The van der Waals surface area contributed by atoms with Gasteiger partial charge in [0, 0.05) is 23.2 Å². The summed E-state index contributed by atoms with van der Waals surface area (Å²) in [6.45, 7) is 2.25. The van der Waals surface area contributed by atoms with Crippen LogP contribution in [-0.4, -0.2) is 43.3 Å². The Balaban J connectivity index is 1.53. The number of thiazole rings is 1. The van der Waals surface area contributed by atoms with E-state index < -0.39 is 16.1 Å². The van der Waals surface area contributed by atoms with Crippen molar-refractivity contribution in [2.45, 2.75) is 30.7 Å². The number of amides is 1. The molecule has 31 heavy (non-hydrogen) atoms. The number of hydrogen-bond acceptors (Lipinski definition) is 6. The standard InChI is InChI=1S/C22H23N3O4S2/c1-15-23-20(14-30-15)16-5-3-6-17(13-16)24-22(26)21-7-4-12-25(21)31(27,28)19-10-8-18(29-2)9-11-19/h3,5-6,8-11,13-14,21H,4,7,12H2,1-2H3,(H,24,26)/t21-/m1/s1. The first kappa shape index (κ1) is 21.5. The number of aromatic nitrogens is 1. The lowest BCUT2D eigenvalue weighted by Crippen LogP contribution is -2.43. The van der Waals surface area contributed by atoms with Gasteiger partial charge >= 0.3 is 0 Å². The molecule has 1 atom stereocenters. The topological polar surface area (TPSA) is 88.6 Å². The maximum Gasteiger partial charge on any atom is 0.243 e. The van der Waals surface area contributed by atoms with Gasteiger partial charge in [-0.2, -0.15) is 4.31 Å². The second-order valence-electron chi connectivity index (χ2n) is 7.27. The van der Waals surface area contributed by atoms with Gasteiger partial charge in [-0.25, -0.2) is 13.4 Å². The smallest absolute Gasteiger partial charge is 0.243 e. The Bertz CT molecular complexity index is 1190. The number of benzene rings is 2. The first-order valence-electron chi connectivity index (χ1n) is 9.88. The number of methoxy groups -OCH3 is 1. The highest BCUT2D eigenvalue weighted by atomic mass is 32.2. The van der Waals surface area contributed by atoms with E-state index in [1.165, 1.54) is 23.5 Å². The second kappa shape index (κ2) is 8.78. The first-order valence-corrected chi connectivity index (χ1v) is 12.2. The number of hydrogen-bond donors (Lipinski definition) is 1. The van der Waals surface area contributed by atoms with Gasteiger partial charge in [0.05, 0.1) is 22.7 Å². The summed E-state index contributed by atoms with van der Waals surface area (Å²) in [6, 6.07) is 12.9. The largest absolute Gasteiger partial charge is 0.497 e. The van der Waals surface area contributed by atoms with Crippen LogP contribution in [0.2, 0.25) is 0 Å². The molecule has 1 aromatic heterocycles. The van der Waals surface area contributed by atoms with Crippen LogP contribution < -0.4 is 10.1 Å². The molecule has 0 unspecified atom stereocenters. The molecule has 3 aromatic rings. The minimum atomic E-state index is -3.79. The quantitative estimate of drug-likeness (QED) is 0.606. The fourth-order valence-corrected chi connectivity index (χ4v) is 5.93. The molecule has 4 rings (SSSR count). The summed E-state index contributed by atoms with van der Waals surface area (Å²) in [7, 11) is -2.27. The molecule has 9 heteroatoms. The molecule has 2 aromatic carbocycles. The Morgan fingerprint density at radius 1 is 1.23 bits per heavy atom. The fourth-order valence-electron chi connectivity index (χ4n) is 3.65. The van der Waals surface area contributed by atoms with Crippen LogP contribution in [0, 0.1) is 6.92 Å². The van der Waals surface area contributed by atoms with Crippen LogP contribution in [0.3, 0.4) is 0 Å². The molecule has 0 aliphatic carbocycles. The van der Waals surface area contributed by atoms with E-state index in [-0.39, 0.29) is 10.8 Å². The van der Waals surface area contributed by atoms with Crippen molar-refractivity contribution in [1.29, 1.82) is 0 Å². The lowest BCUT2D eigenvalue weighted by molar-refractivity contribution is -0.119. The number of carbonyl (C=O) groups is 1. The van der Waals surface area contributed by atoms with Gasteiger partial charge in [0.1, 0.15) is 11.8 Å².